The molecule has 0 aromatic carbocycles. The molecule has 3 heterocycles. The number of nitro groups is 1. The minimum absolute atomic E-state index is 0.0429. The van der Waals surface area contributed by atoms with E-state index in [1.165, 1.54) is 0 Å². The lowest BCUT2D eigenvalue weighted by Gasteiger charge is -2.40. The molecule has 3 rings (SSSR count). The smallest absolute Gasteiger partial charge is 0.342 e. The molecule has 0 bridgehead atoms. The van der Waals surface area contributed by atoms with E-state index >= 15 is 0 Å². The molecule has 1 atom stereocenters. The van der Waals surface area contributed by atoms with Gasteiger partial charge in [0.15, 0.2) is 0 Å². The Balaban J connectivity index is 0.000000380. The van der Waals surface area contributed by atoms with Gasteiger partial charge in [0.1, 0.15) is 5.52 Å². The molecular weight excluding hydrogens is 378 g/mol. The number of fused-ring (bicyclic) bond motifs is 1. The maximum Gasteiger partial charge on any atom is 0.397 e. The summed E-state index contributed by atoms with van der Waals surface area (Å²) < 4.78 is 31.3. The van der Waals surface area contributed by atoms with Gasteiger partial charge in [-0.05, 0) is 39.3 Å². The first kappa shape index (κ1) is 21.0. The Hall–Kier alpha value is -2.28. The molecule has 0 saturated carbocycles. The Morgan fingerprint density at radius 2 is 1.96 bits per heavy atom. The molecule has 3 N–H and O–H groups in total. The van der Waals surface area contributed by atoms with Crippen LogP contribution >= 0.6 is 0 Å². The monoisotopic (exact) mass is 401 g/mol. The van der Waals surface area contributed by atoms with Crippen molar-refractivity contribution in [2.24, 2.45) is 5.73 Å². The third-order valence-corrected chi connectivity index (χ3v) is 5.49. The Bertz CT molecular complexity index is 953. The second kappa shape index (κ2) is 7.03. The Labute approximate surface area is 156 Å². The molecular formula is C15H23N5O6S. The van der Waals surface area contributed by atoms with Crippen LogP contribution in [0.5, 0.6) is 0 Å². The molecule has 2 aromatic heterocycles. The van der Waals surface area contributed by atoms with Crippen LogP contribution in [0.4, 0.5) is 11.5 Å². The SMILES string of the molecule is CC1(N)CCN(c2nn3ccccc3c2[N+](=O)[O-])C1(C)C.COS(=O)(=O)O. The summed E-state index contributed by atoms with van der Waals surface area (Å²) in [6, 6.07) is 5.28. The molecule has 11 nitrogen and oxygen atoms in total. The highest BCUT2D eigenvalue weighted by molar-refractivity contribution is 7.80. The summed E-state index contributed by atoms with van der Waals surface area (Å²) >= 11 is 0. The molecule has 27 heavy (non-hydrogen) atoms. The van der Waals surface area contributed by atoms with Crippen molar-refractivity contribution in [3.63, 3.8) is 0 Å². The van der Waals surface area contributed by atoms with Gasteiger partial charge in [0.05, 0.1) is 17.6 Å². The Morgan fingerprint density at radius 3 is 2.41 bits per heavy atom. The standard InChI is InChI=1S/C14H19N5O2.CH4O4S/c1-13(2)14(3,15)7-9-17(13)12-11(19(20)21)10-6-4-5-8-18(10)16-12;1-5-6(2,3)4/h4-6,8H,7,9,15H2,1-3H3;1H3,(H,2,3,4). The van der Waals surface area contributed by atoms with E-state index in [4.69, 9.17) is 10.3 Å². The number of pyridine rings is 1. The predicted octanol–water partition coefficient (Wildman–Crippen LogP) is 1.38. The van der Waals surface area contributed by atoms with Crippen molar-refractivity contribution in [3.05, 3.63) is 34.5 Å². The Morgan fingerprint density at radius 1 is 1.37 bits per heavy atom. The fourth-order valence-electron chi connectivity index (χ4n) is 2.94. The van der Waals surface area contributed by atoms with E-state index in [2.05, 4.69) is 9.28 Å². The van der Waals surface area contributed by atoms with Crippen LogP contribution in [0, 0.1) is 10.1 Å². The van der Waals surface area contributed by atoms with Gasteiger partial charge in [0, 0.05) is 18.3 Å². The van der Waals surface area contributed by atoms with Crippen molar-refractivity contribution < 1.29 is 22.1 Å². The van der Waals surface area contributed by atoms with Gasteiger partial charge in [-0.2, -0.15) is 8.42 Å². The summed E-state index contributed by atoms with van der Waals surface area (Å²) in [6.07, 6.45) is 2.49. The lowest BCUT2D eigenvalue weighted by Crippen LogP contribution is -2.57. The predicted molar refractivity (Wildman–Crippen MR) is 99.0 cm³/mol. The molecule has 1 aliphatic heterocycles. The van der Waals surface area contributed by atoms with Gasteiger partial charge in [-0.1, -0.05) is 6.07 Å². The van der Waals surface area contributed by atoms with Gasteiger partial charge < -0.3 is 10.6 Å². The van der Waals surface area contributed by atoms with Crippen LogP contribution in [0.3, 0.4) is 0 Å². The van der Waals surface area contributed by atoms with Crippen LogP contribution in [-0.2, 0) is 14.6 Å². The second-order valence-electron chi connectivity index (χ2n) is 6.93. The van der Waals surface area contributed by atoms with Crippen LogP contribution < -0.4 is 10.6 Å². The van der Waals surface area contributed by atoms with E-state index < -0.39 is 21.5 Å². The van der Waals surface area contributed by atoms with Gasteiger partial charge in [-0.25, -0.2) is 4.52 Å². The van der Waals surface area contributed by atoms with Crippen LogP contribution in [-0.4, -0.2) is 52.2 Å². The second-order valence-corrected chi connectivity index (χ2v) is 8.12. The van der Waals surface area contributed by atoms with Crippen molar-refractivity contribution in [2.75, 3.05) is 18.6 Å². The quantitative estimate of drug-likeness (QED) is 0.441. The number of anilines is 1. The zero-order valence-corrected chi connectivity index (χ0v) is 16.3. The number of rotatable bonds is 3. The molecule has 1 saturated heterocycles. The minimum Gasteiger partial charge on any atom is -0.342 e. The summed E-state index contributed by atoms with van der Waals surface area (Å²) in [5.74, 6) is 0.394. The van der Waals surface area contributed by atoms with Gasteiger partial charge in [0.25, 0.3) is 0 Å². The fraction of sp³-hybridized carbons (Fsp3) is 0.533. The van der Waals surface area contributed by atoms with Crippen LogP contribution in [0.25, 0.3) is 5.52 Å². The molecule has 0 spiro atoms. The van der Waals surface area contributed by atoms with Gasteiger partial charge in [-0.15, -0.1) is 5.10 Å². The maximum atomic E-state index is 11.5. The van der Waals surface area contributed by atoms with Crippen molar-refractivity contribution in [1.29, 1.82) is 0 Å². The highest BCUT2D eigenvalue weighted by Crippen LogP contribution is 2.43. The largest absolute Gasteiger partial charge is 0.397 e. The first-order valence-electron chi connectivity index (χ1n) is 8.03. The molecule has 2 aromatic rings. The van der Waals surface area contributed by atoms with Gasteiger partial charge in [0.2, 0.25) is 5.82 Å². The van der Waals surface area contributed by atoms with Crippen LogP contribution in [0.1, 0.15) is 27.2 Å². The van der Waals surface area contributed by atoms with E-state index in [0.717, 1.165) is 13.5 Å². The average molecular weight is 401 g/mol. The van der Waals surface area contributed by atoms with E-state index in [-0.39, 0.29) is 10.6 Å². The van der Waals surface area contributed by atoms with Gasteiger partial charge in [-0.3, -0.25) is 18.9 Å². The molecule has 1 unspecified atom stereocenters. The van der Waals surface area contributed by atoms with E-state index in [1.807, 2.05) is 25.7 Å². The Kier molecular flexibility index (Phi) is 5.48. The topological polar surface area (TPSA) is 153 Å². The van der Waals surface area contributed by atoms with Crippen molar-refractivity contribution >= 4 is 27.4 Å². The number of aromatic nitrogens is 2. The summed E-state index contributed by atoms with van der Waals surface area (Å²) in [4.78, 5) is 13.1. The molecule has 0 radical (unpaired) electrons. The van der Waals surface area contributed by atoms with Crippen molar-refractivity contribution in [1.82, 2.24) is 9.61 Å². The number of hydrogen-bond acceptors (Lipinski definition) is 8. The lowest BCUT2D eigenvalue weighted by molar-refractivity contribution is -0.382. The summed E-state index contributed by atoms with van der Waals surface area (Å²) in [5.41, 5.74) is 6.07. The summed E-state index contributed by atoms with van der Waals surface area (Å²) in [7, 11) is -3.29. The molecule has 150 valence electrons. The van der Waals surface area contributed by atoms with Crippen molar-refractivity contribution in [3.8, 4) is 0 Å². The van der Waals surface area contributed by atoms with Crippen LogP contribution in [0.2, 0.25) is 0 Å². The average Bonchev–Trinajstić information content (AvgIpc) is 3.02. The first-order valence-corrected chi connectivity index (χ1v) is 9.39. The normalized spacial score (nSPS) is 21.8. The molecule has 1 aliphatic rings. The van der Waals surface area contributed by atoms with E-state index in [1.54, 1.807) is 28.9 Å². The minimum atomic E-state index is -4.16. The highest BCUT2D eigenvalue weighted by Gasteiger charge is 2.50. The first-order chi connectivity index (χ1) is 12.3. The molecule has 0 aliphatic carbocycles. The van der Waals surface area contributed by atoms with E-state index in [9.17, 15) is 18.5 Å². The number of nitrogens with zero attached hydrogens (tertiary/aromatic N) is 4. The maximum absolute atomic E-state index is 11.5. The zero-order valence-electron chi connectivity index (χ0n) is 15.5. The summed E-state index contributed by atoms with van der Waals surface area (Å²) in [6.45, 7) is 6.65. The molecule has 1 fully saturated rings. The van der Waals surface area contributed by atoms with Crippen LogP contribution in [0.15, 0.2) is 24.4 Å². The molecule has 12 heteroatoms. The number of hydrogen-bond donors (Lipinski definition) is 2. The third kappa shape index (κ3) is 4.03. The summed E-state index contributed by atoms with van der Waals surface area (Å²) in [5, 5.41) is 15.9. The zero-order chi connectivity index (χ0) is 20.6. The van der Waals surface area contributed by atoms with E-state index in [0.29, 0.717) is 17.9 Å². The van der Waals surface area contributed by atoms with Gasteiger partial charge >= 0.3 is 16.1 Å². The van der Waals surface area contributed by atoms with Crippen molar-refractivity contribution in [2.45, 2.75) is 38.3 Å². The fourth-order valence-corrected chi connectivity index (χ4v) is 2.94. The number of nitrogens with two attached hydrogens (primary N) is 1. The lowest BCUT2D eigenvalue weighted by atomic mass is 9.83. The third-order valence-electron chi connectivity index (χ3n) is 5.07. The highest BCUT2D eigenvalue weighted by atomic mass is 32.3. The molecule has 0 amide bonds.